The van der Waals surface area contributed by atoms with Crippen molar-refractivity contribution in [3.63, 3.8) is 0 Å². The lowest BCUT2D eigenvalue weighted by atomic mass is 10.2. The highest BCUT2D eigenvalue weighted by atomic mass is 16.5. The number of amides is 2. The van der Waals surface area contributed by atoms with Crippen LogP contribution in [0.15, 0.2) is 42.5 Å². The molecule has 1 N–H and O–H groups in total. The van der Waals surface area contributed by atoms with E-state index in [1.54, 1.807) is 24.1 Å². The molecule has 2 aromatic carbocycles. The number of carbonyl (C=O) groups is 2. The van der Waals surface area contributed by atoms with Gasteiger partial charge in [-0.25, -0.2) is 0 Å². The summed E-state index contributed by atoms with van der Waals surface area (Å²) in [6.45, 7) is 3.49. The van der Waals surface area contributed by atoms with Gasteiger partial charge < -0.3 is 24.4 Å². The molecule has 7 heteroatoms. The smallest absolute Gasteiger partial charge is 0.258 e. The summed E-state index contributed by atoms with van der Waals surface area (Å²) in [5.74, 6) is 1.80. The number of ether oxygens (including phenoxy) is 3. The molecule has 0 bridgehead atoms. The standard InChI is InChI=1S/C22H26N2O5/c1-3-28-19-11-6-16(13-20(19)27-2)14-23-21(25)15-29-18-9-7-17(8-10-18)24-12-4-5-22(24)26/h6-11,13H,3-5,12,14-15H2,1-2H3,(H,23,25). The first-order valence-electron chi connectivity index (χ1n) is 9.70. The third-order valence-corrected chi connectivity index (χ3v) is 4.61. The van der Waals surface area contributed by atoms with Gasteiger partial charge in [0, 0.05) is 25.2 Å². The lowest BCUT2D eigenvalue weighted by molar-refractivity contribution is -0.123. The normalized spacial score (nSPS) is 13.3. The predicted molar refractivity (Wildman–Crippen MR) is 110 cm³/mol. The van der Waals surface area contributed by atoms with Crippen molar-refractivity contribution in [2.45, 2.75) is 26.3 Å². The van der Waals surface area contributed by atoms with Crippen LogP contribution in [0.5, 0.6) is 17.2 Å². The number of hydrogen-bond donors (Lipinski definition) is 1. The molecule has 0 radical (unpaired) electrons. The van der Waals surface area contributed by atoms with Crippen LogP contribution in [-0.2, 0) is 16.1 Å². The van der Waals surface area contributed by atoms with Crippen LogP contribution in [0.3, 0.4) is 0 Å². The Balaban J connectivity index is 1.47. The van der Waals surface area contributed by atoms with E-state index < -0.39 is 0 Å². The van der Waals surface area contributed by atoms with Crippen LogP contribution >= 0.6 is 0 Å². The molecule has 2 amide bonds. The second-order valence-electron chi connectivity index (χ2n) is 6.63. The quantitative estimate of drug-likeness (QED) is 0.703. The van der Waals surface area contributed by atoms with Crippen LogP contribution in [-0.4, -0.2) is 38.7 Å². The monoisotopic (exact) mass is 398 g/mol. The molecular weight excluding hydrogens is 372 g/mol. The summed E-state index contributed by atoms with van der Waals surface area (Å²) in [6, 6.07) is 12.8. The average Bonchev–Trinajstić information content (AvgIpc) is 3.18. The third-order valence-electron chi connectivity index (χ3n) is 4.61. The summed E-state index contributed by atoms with van der Waals surface area (Å²) in [5, 5.41) is 2.82. The Bertz CT molecular complexity index is 851. The summed E-state index contributed by atoms with van der Waals surface area (Å²) in [6.07, 6.45) is 1.48. The Hall–Kier alpha value is -3.22. The molecule has 0 aromatic heterocycles. The maximum absolute atomic E-state index is 12.1. The van der Waals surface area contributed by atoms with Crippen molar-refractivity contribution in [1.82, 2.24) is 5.32 Å². The fourth-order valence-corrected chi connectivity index (χ4v) is 3.14. The molecule has 1 aliphatic heterocycles. The molecule has 1 saturated heterocycles. The Kier molecular flexibility index (Phi) is 6.94. The summed E-state index contributed by atoms with van der Waals surface area (Å²) in [4.78, 5) is 25.6. The van der Waals surface area contributed by atoms with E-state index >= 15 is 0 Å². The van der Waals surface area contributed by atoms with Gasteiger partial charge >= 0.3 is 0 Å². The zero-order chi connectivity index (χ0) is 20.6. The molecule has 0 atom stereocenters. The molecule has 2 aromatic rings. The molecule has 3 rings (SSSR count). The van der Waals surface area contributed by atoms with E-state index in [9.17, 15) is 9.59 Å². The summed E-state index contributed by atoms with van der Waals surface area (Å²) in [5.41, 5.74) is 1.76. The van der Waals surface area contributed by atoms with Gasteiger partial charge in [0.25, 0.3) is 5.91 Å². The summed E-state index contributed by atoms with van der Waals surface area (Å²) < 4.78 is 16.3. The SMILES string of the molecule is CCOc1ccc(CNC(=O)COc2ccc(N3CCCC3=O)cc2)cc1OC. The maximum atomic E-state index is 12.1. The van der Waals surface area contributed by atoms with Gasteiger partial charge in [-0.15, -0.1) is 0 Å². The molecule has 0 aliphatic carbocycles. The molecule has 0 unspecified atom stereocenters. The van der Waals surface area contributed by atoms with Crippen molar-refractivity contribution in [2.24, 2.45) is 0 Å². The first-order valence-corrected chi connectivity index (χ1v) is 9.70. The predicted octanol–water partition coefficient (Wildman–Crippen LogP) is 2.92. The van der Waals surface area contributed by atoms with Crippen LogP contribution in [0.2, 0.25) is 0 Å². The summed E-state index contributed by atoms with van der Waals surface area (Å²) in [7, 11) is 1.58. The van der Waals surface area contributed by atoms with Crippen LogP contribution in [0, 0.1) is 0 Å². The minimum absolute atomic E-state index is 0.0871. The van der Waals surface area contributed by atoms with Gasteiger partial charge in [0.1, 0.15) is 5.75 Å². The number of nitrogens with zero attached hydrogens (tertiary/aromatic N) is 1. The number of rotatable bonds is 9. The molecule has 0 spiro atoms. The Labute approximate surface area is 170 Å². The highest BCUT2D eigenvalue weighted by Gasteiger charge is 2.21. The van der Waals surface area contributed by atoms with E-state index in [-0.39, 0.29) is 18.4 Å². The lowest BCUT2D eigenvalue weighted by Gasteiger charge is -2.16. The van der Waals surface area contributed by atoms with Crippen molar-refractivity contribution in [2.75, 3.05) is 31.8 Å². The number of hydrogen-bond acceptors (Lipinski definition) is 5. The van der Waals surface area contributed by atoms with Crippen molar-refractivity contribution >= 4 is 17.5 Å². The number of nitrogens with one attached hydrogen (secondary N) is 1. The van der Waals surface area contributed by atoms with E-state index in [1.165, 1.54) is 0 Å². The van der Waals surface area contributed by atoms with Gasteiger partial charge in [-0.05, 0) is 55.3 Å². The van der Waals surface area contributed by atoms with Crippen LogP contribution in [0.4, 0.5) is 5.69 Å². The molecule has 0 saturated carbocycles. The Morgan fingerprint density at radius 2 is 1.90 bits per heavy atom. The van der Waals surface area contributed by atoms with Crippen molar-refractivity contribution < 1.29 is 23.8 Å². The second kappa shape index (κ2) is 9.82. The Morgan fingerprint density at radius 1 is 1.10 bits per heavy atom. The van der Waals surface area contributed by atoms with Crippen LogP contribution in [0.25, 0.3) is 0 Å². The first kappa shape index (κ1) is 20.5. The maximum Gasteiger partial charge on any atom is 0.258 e. The number of anilines is 1. The highest BCUT2D eigenvalue weighted by Crippen LogP contribution is 2.28. The fraction of sp³-hybridized carbons (Fsp3) is 0.364. The molecule has 1 fully saturated rings. The van der Waals surface area contributed by atoms with Gasteiger partial charge in [-0.2, -0.15) is 0 Å². The molecular formula is C22H26N2O5. The molecule has 1 aliphatic rings. The van der Waals surface area contributed by atoms with E-state index in [2.05, 4.69) is 5.32 Å². The molecule has 7 nitrogen and oxygen atoms in total. The average molecular weight is 398 g/mol. The largest absolute Gasteiger partial charge is 0.493 e. The second-order valence-corrected chi connectivity index (χ2v) is 6.63. The molecule has 29 heavy (non-hydrogen) atoms. The zero-order valence-corrected chi connectivity index (χ0v) is 16.8. The van der Waals surface area contributed by atoms with Crippen LogP contribution < -0.4 is 24.4 Å². The summed E-state index contributed by atoms with van der Waals surface area (Å²) >= 11 is 0. The Morgan fingerprint density at radius 3 is 2.55 bits per heavy atom. The van der Waals surface area contributed by atoms with Crippen LogP contribution in [0.1, 0.15) is 25.3 Å². The molecule has 1 heterocycles. The van der Waals surface area contributed by atoms with Gasteiger partial charge in [0.2, 0.25) is 5.91 Å². The third kappa shape index (κ3) is 5.40. The van der Waals surface area contributed by atoms with Gasteiger partial charge in [0.05, 0.1) is 13.7 Å². The van der Waals surface area contributed by atoms with Crippen molar-refractivity contribution in [3.8, 4) is 17.2 Å². The lowest BCUT2D eigenvalue weighted by Crippen LogP contribution is -2.28. The number of benzene rings is 2. The van der Waals surface area contributed by atoms with Crippen molar-refractivity contribution in [3.05, 3.63) is 48.0 Å². The number of methoxy groups -OCH3 is 1. The van der Waals surface area contributed by atoms with E-state index in [0.29, 0.717) is 36.8 Å². The van der Waals surface area contributed by atoms with Crippen molar-refractivity contribution in [1.29, 1.82) is 0 Å². The zero-order valence-electron chi connectivity index (χ0n) is 16.8. The highest BCUT2D eigenvalue weighted by molar-refractivity contribution is 5.95. The van der Waals surface area contributed by atoms with E-state index in [1.807, 2.05) is 37.3 Å². The molecule has 154 valence electrons. The first-order chi connectivity index (χ1) is 14.1. The topological polar surface area (TPSA) is 77.1 Å². The van der Waals surface area contributed by atoms with E-state index in [4.69, 9.17) is 14.2 Å². The minimum atomic E-state index is -0.225. The van der Waals surface area contributed by atoms with E-state index in [0.717, 1.165) is 24.2 Å². The van der Waals surface area contributed by atoms with Gasteiger partial charge in [0.15, 0.2) is 18.1 Å². The van der Waals surface area contributed by atoms with Gasteiger partial charge in [-0.1, -0.05) is 6.07 Å². The minimum Gasteiger partial charge on any atom is -0.493 e. The van der Waals surface area contributed by atoms with Gasteiger partial charge in [-0.3, -0.25) is 9.59 Å². The fourth-order valence-electron chi connectivity index (χ4n) is 3.14. The number of carbonyl (C=O) groups excluding carboxylic acids is 2.